The summed E-state index contributed by atoms with van der Waals surface area (Å²) in [6.07, 6.45) is -0.175. The second kappa shape index (κ2) is 7.29. The molecule has 112 valence electrons. The van der Waals surface area contributed by atoms with Crippen LogP contribution in [0.3, 0.4) is 0 Å². The van der Waals surface area contributed by atoms with Gasteiger partial charge in [0.2, 0.25) is 0 Å². The summed E-state index contributed by atoms with van der Waals surface area (Å²) in [7, 11) is 0. The molecular formula is C17H19F2NO. The second-order valence-electron chi connectivity index (χ2n) is 5.18. The van der Waals surface area contributed by atoms with Gasteiger partial charge in [0.1, 0.15) is 11.6 Å². The number of aliphatic hydroxyl groups is 1. The lowest BCUT2D eigenvalue weighted by Gasteiger charge is -2.18. The van der Waals surface area contributed by atoms with Crippen LogP contribution >= 0.6 is 0 Å². The van der Waals surface area contributed by atoms with Gasteiger partial charge in [-0.2, -0.15) is 0 Å². The minimum Gasteiger partial charge on any atom is -0.387 e. The van der Waals surface area contributed by atoms with Crippen LogP contribution in [0.4, 0.5) is 8.78 Å². The van der Waals surface area contributed by atoms with Crippen LogP contribution < -0.4 is 5.32 Å². The molecule has 0 aliphatic carbocycles. The fourth-order valence-corrected chi connectivity index (χ4v) is 2.21. The Balaban J connectivity index is 1.85. The minimum absolute atomic E-state index is 0.0943. The first kappa shape index (κ1) is 15.6. The fourth-order valence-electron chi connectivity index (χ4n) is 2.21. The monoisotopic (exact) mass is 291 g/mol. The van der Waals surface area contributed by atoms with Crippen LogP contribution in [0.25, 0.3) is 0 Å². The number of benzene rings is 2. The van der Waals surface area contributed by atoms with Crippen molar-refractivity contribution in [3.63, 3.8) is 0 Å². The highest BCUT2D eigenvalue weighted by Gasteiger charge is 2.13. The highest BCUT2D eigenvalue weighted by molar-refractivity contribution is 5.20. The first-order valence-corrected chi connectivity index (χ1v) is 6.96. The molecule has 0 saturated heterocycles. The first-order valence-electron chi connectivity index (χ1n) is 6.96. The number of aliphatic hydroxyl groups excluding tert-OH is 1. The third kappa shape index (κ3) is 4.62. The van der Waals surface area contributed by atoms with E-state index in [9.17, 15) is 13.9 Å². The van der Waals surface area contributed by atoms with Gasteiger partial charge in [-0.05, 0) is 37.1 Å². The average Bonchev–Trinajstić information content (AvgIpc) is 2.48. The third-order valence-electron chi connectivity index (χ3n) is 3.38. The van der Waals surface area contributed by atoms with Gasteiger partial charge in [-0.15, -0.1) is 0 Å². The van der Waals surface area contributed by atoms with Gasteiger partial charge < -0.3 is 10.4 Å². The maximum atomic E-state index is 13.5. The Morgan fingerprint density at radius 1 is 1.05 bits per heavy atom. The van der Waals surface area contributed by atoms with E-state index in [2.05, 4.69) is 5.32 Å². The molecule has 21 heavy (non-hydrogen) atoms. The summed E-state index contributed by atoms with van der Waals surface area (Å²) in [6, 6.07) is 12.6. The quantitative estimate of drug-likeness (QED) is 0.856. The van der Waals surface area contributed by atoms with Crippen LogP contribution in [0, 0.1) is 11.6 Å². The molecule has 2 aromatic carbocycles. The molecule has 0 aromatic heterocycles. The van der Waals surface area contributed by atoms with Crippen LogP contribution in [-0.2, 0) is 6.42 Å². The molecule has 0 radical (unpaired) electrons. The largest absolute Gasteiger partial charge is 0.387 e. The predicted octanol–water partition coefficient (Wildman–Crippen LogP) is 3.22. The maximum Gasteiger partial charge on any atom is 0.129 e. The van der Waals surface area contributed by atoms with Crippen LogP contribution in [0.2, 0.25) is 0 Å². The highest BCUT2D eigenvalue weighted by Crippen LogP contribution is 2.16. The Morgan fingerprint density at radius 2 is 1.71 bits per heavy atom. The van der Waals surface area contributed by atoms with Crippen LogP contribution in [-0.4, -0.2) is 17.7 Å². The van der Waals surface area contributed by atoms with Crippen molar-refractivity contribution >= 4 is 0 Å². The molecule has 0 saturated carbocycles. The van der Waals surface area contributed by atoms with Crippen molar-refractivity contribution < 1.29 is 13.9 Å². The molecule has 4 heteroatoms. The van der Waals surface area contributed by atoms with Crippen molar-refractivity contribution in [2.45, 2.75) is 25.5 Å². The normalized spacial score (nSPS) is 13.9. The molecule has 0 bridgehead atoms. The zero-order chi connectivity index (χ0) is 15.2. The molecule has 0 spiro atoms. The van der Waals surface area contributed by atoms with Gasteiger partial charge in [-0.3, -0.25) is 0 Å². The van der Waals surface area contributed by atoms with Gasteiger partial charge in [0.25, 0.3) is 0 Å². The molecule has 0 aliphatic heterocycles. The lowest BCUT2D eigenvalue weighted by Crippen LogP contribution is -2.32. The van der Waals surface area contributed by atoms with E-state index in [4.69, 9.17) is 0 Å². The highest BCUT2D eigenvalue weighted by atomic mass is 19.1. The topological polar surface area (TPSA) is 32.3 Å². The molecule has 0 amide bonds. The molecule has 0 fully saturated rings. The summed E-state index contributed by atoms with van der Waals surface area (Å²) in [5.74, 6) is -0.660. The van der Waals surface area contributed by atoms with E-state index in [-0.39, 0.29) is 18.4 Å². The fraction of sp³-hybridized carbons (Fsp3) is 0.294. The first-order chi connectivity index (χ1) is 10.1. The lowest BCUT2D eigenvalue weighted by atomic mass is 10.1. The van der Waals surface area contributed by atoms with E-state index in [0.717, 1.165) is 5.56 Å². The van der Waals surface area contributed by atoms with Crippen molar-refractivity contribution in [3.05, 3.63) is 71.3 Å². The summed E-state index contributed by atoms with van der Waals surface area (Å²) in [5, 5.41) is 13.2. The van der Waals surface area contributed by atoms with E-state index in [1.807, 2.05) is 6.92 Å². The van der Waals surface area contributed by atoms with Crippen LogP contribution in [0.1, 0.15) is 24.2 Å². The van der Waals surface area contributed by atoms with Gasteiger partial charge in [-0.1, -0.05) is 30.3 Å². The van der Waals surface area contributed by atoms with Crippen molar-refractivity contribution in [1.82, 2.24) is 5.32 Å². The number of nitrogens with one attached hydrogen (secondary N) is 1. The maximum absolute atomic E-state index is 13.5. The summed E-state index contributed by atoms with van der Waals surface area (Å²) >= 11 is 0. The van der Waals surface area contributed by atoms with Gasteiger partial charge in [-0.25, -0.2) is 8.78 Å². The van der Waals surface area contributed by atoms with E-state index in [0.29, 0.717) is 12.0 Å². The summed E-state index contributed by atoms with van der Waals surface area (Å²) in [5.41, 5.74) is 1.30. The predicted molar refractivity (Wildman–Crippen MR) is 78.9 cm³/mol. The standard InChI is InChI=1S/C17H19F2NO/c1-12(10-13-6-8-14(18)9-7-13)20-11-17(21)15-4-2-3-5-16(15)19/h2-9,12,17,20-21H,10-11H2,1H3. The molecular weight excluding hydrogens is 272 g/mol. The Bertz CT molecular complexity index is 571. The molecule has 2 rings (SSSR count). The van der Waals surface area contributed by atoms with E-state index < -0.39 is 11.9 Å². The number of hydrogen-bond donors (Lipinski definition) is 2. The van der Waals surface area contributed by atoms with E-state index in [1.54, 1.807) is 30.3 Å². The smallest absolute Gasteiger partial charge is 0.129 e. The molecule has 2 nitrogen and oxygen atoms in total. The van der Waals surface area contributed by atoms with Gasteiger partial charge in [0.15, 0.2) is 0 Å². The van der Waals surface area contributed by atoms with E-state index >= 15 is 0 Å². The molecule has 0 heterocycles. The molecule has 2 N–H and O–H groups in total. The number of hydrogen-bond acceptors (Lipinski definition) is 2. The van der Waals surface area contributed by atoms with Crippen molar-refractivity contribution in [2.24, 2.45) is 0 Å². The van der Waals surface area contributed by atoms with Crippen LogP contribution in [0.5, 0.6) is 0 Å². The molecule has 2 unspecified atom stereocenters. The van der Waals surface area contributed by atoms with Gasteiger partial charge >= 0.3 is 0 Å². The second-order valence-corrected chi connectivity index (χ2v) is 5.18. The molecule has 2 atom stereocenters. The molecule has 0 aliphatic rings. The van der Waals surface area contributed by atoms with Crippen molar-refractivity contribution in [1.29, 1.82) is 0 Å². The Morgan fingerprint density at radius 3 is 2.38 bits per heavy atom. The molecule has 2 aromatic rings. The summed E-state index contributed by atoms with van der Waals surface area (Å²) < 4.78 is 26.3. The minimum atomic E-state index is -0.887. The zero-order valence-corrected chi connectivity index (χ0v) is 11.9. The Labute approximate surface area is 123 Å². The van der Waals surface area contributed by atoms with E-state index in [1.165, 1.54) is 18.2 Å². The van der Waals surface area contributed by atoms with Crippen molar-refractivity contribution in [3.8, 4) is 0 Å². The Hall–Kier alpha value is -1.78. The van der Waals surface area contributed by atoms with Gasteiger partial charge in [0.05, 0.1) is 6.10 Å². The SMILES string of the molecule is CC(Cc1ccc(F)cc1)NCC(O)c1ccccc1F. The Kier molecular flexibility index (Phi) is 5.42. The lowest BCUT2D eigenvalue weighted by molar-refractivity contribution is 0.166. The third-order valence-corrected chi connectivity index (χ3v) is 3.38. The summed E-state index contributed by atoms with van der Waals surface area (Å²) in [4.78, 5) is 0. The average molecular weight is 291 g/mol. The number of rotatable bonds is 6. The summed E-state index contributed by atoms with van der Waals surface area (Å²) in [6.45, 7) is 2.24. The number of halogens is 2. The van der Waals surface area contributed by atoms with Crippen LogP contribution in [0.15, 0.2) is 48.5 Å². The van der Waals surface area contributed by atoms with Gasteiger partial charge in [0, 0.05) is 18.2 Å². The zero-order valence-electron chi connectivity index (χ0n) is 11.9. The van der Waals surface area contributed by atoms with Crippen molar-refractivity contribution in [2.75, 3.05) is 6.54 Å².